The van der Waals surface area contributed by atoms with E-state index in [9.17, 15) is 14.8 Å². The predicted octanol–water partition coefficient (Wildman–Crippen LogP) is 0.589. The summed E-state index contributed by atoms with van der Waals surface area (Å²) in [4.78, 5) is 8.76. The third-order valence-corrected chi connectivity index (χ3v) is 5.62. The minimum absolute atomic E-state index is 0.0940. The van der Waals surface area contributed by atoms with Gasteiger partial charge in [-0.3, -0.25) is 10.0 Å². The van der Waals surface area contributed by atoms with Gasteiger partial charge in [-0.2, -0.15) is 5.26 Å². The van der Waals surface area contributed by atoms with Crippen LogP contribution in [0.1, 0.15) is 12.8 Å². The van der Waals surface area contributed by atoms with Gasteiger partial charge >= 0.3 is 0 Å². The quantitative estimate of drug-likeness (QED) is 0.623. The number of piperazine rings is 1. The molecule has 0 spiro atoms. The second-order valence-electron chi connectivity index (χ2n) is 7.55. The van der Waals surface area contributed by atoms with E-state index in [0.29, 0.717) is 17.3 Å². The molecule has 1 saturated carbocycles. The zero-order valence-corrected chi connectivity index (χ0v) is 16.3. The molecule has 0 aromatic heterocycles. The Bertz CT molecular complexity index is 835. The molecule has 1 aromatic carbocycles. The number of aliphatic hydroxyl groups excluding tert-OH is 1. The zero-order valence-electron chi connectivity index (χ0n) is 16.3. The molecule has 1 atom stereocenters. The van der Waals surface area contributed by atoms with Gasteiger partial charge in [0.2, 0.25) is 0 Å². The Morgan fingerprint density at radius 2 is 1.83 bits per heavy atom. The SMILES string of the molecule is N#CC1=C(N2CCN(c3ccc(F)cc3)CC2)NC(C2CC2)N(N)C1=NCCO. The lowest BCUT2D eigenvalue weighted by Gasteiger charge is -2.44. The van der Waals surface area contributed by atoms with E-state index in [1.54, 1.807) is 17.1 Å². The summed E-state index contributed by atoms with van der Waals surface area (Å²) in [6.45, 7) is 3.08. The maximum absolute atomic E-state index is 13.2. The van der Waals surface area contributed by atoms with E-state index in [-0.39, 0.29) is 25.1 Å². The molecule has 2 aliphatic heterocycles. The Morgan fingerprint density at radius 1 is 1.17 bits per heavy atom. The van der Waals surface area contributed by atoms with Crippen molar-refractivity contribution in [3.63, 3.8) is 0 Å². The van der Waals surface area contributed by atoms with Crippen molar-refractivity contribution in [1.29, 1.82) is 5.26 Å². The summed E-state index contributed by atoms with van der Waals surface area (Å²) in [6, 6.07) is 8.78. The van der Waals surface area contributed by atoms with Crippen LogP contribution in [0.5, 0.6) is 0 Å². The molecule has 29 heavy (non-hydrogen) atoms. The van der Waals surface area contributed by atoms with Crippen LogP contribution in [0.2, 0.25) is 0 Å². The van der Waals surface area contributed by atoms with Crippen molar-refractivity contribution in [2.75, 3.05) is 44.2 Å². The number of nitriles is 1. The highest BCUT2D eigenvalue weighted by atomic mass is 19.1. The molecule has 1 saturated heterocycles. The topological polar surface area (TPSA) is 104 Å². The molecule has 3 aliphatic rings. The molecule has 9 heteroatoms. The first-order chi connectivity index (χ1) is 14.1. The Morgan fingerprint density at radius 3 is 2.41 bits per heavy atom. The number of nitrogens with zero attached hydrogens (tertiary/aromatic N) is 5. The van der Waals surface area contributed by atoms with E-state index in [1.807, 2.05) is 0 Å². The van der Waals surface area contributed by atoms with Crippen LogP contribution < -0.4 is 16.1 Å². The fourth-order valence-corrected chi connectivity index (χ4v) is 3.91. The number of rotatable bonds is 5. The van der Waals surface area contributed by atoms with Crippen LogP contribution >= 0.6 is 0 Å². The lowest BCUT2D eigenvalue weighted by Crippen LogP contribution is -2.61. The number of hydrogen-bond donors (Lipinski definition) is 3. The molecular weight excluding hydrogens is 373 g/mol. The van der Waals surface area contributed by atoms with Crippen LogP contribution in [-0.4, -0.2) is 66.3 Å². The fraction of sp³-hybridized carbons (Fsp3) is 0.500. The van der Waals surface area contributed by atoms with Gasteiger partial charge in [0.05, 0.1) is 13.2 Å². The molecule has 4 rings (SSSR count). The largest absolute Gasteiger partial charge is 0.394 e. The Hall–Kier alpha value is -2.83. The Kier molecular flexibility index (Phi) is 5.56. The van der Waals surface area contributed by atoms with Crippen LogP contribution in [0.4, 0.5) is 10.1 Å². The Labute approximate surface area is 169 Å². The molecule has 2 heterocycles. The number of nitrogens with one attached hydrogen (secondary N) is 1. The molecule has 1 aliphatic carbocycles. The molecular formula is C20H26FN7O. The van der Waals surface area contributed by atoms with Crippen LogP contribution in [0.3, 0.4) is 0 Å². The summed E-state index contributed by atoms with van der Waals surface area (Å²) in [7, 11) is 0. The van der Waals surface area contributed by atoms with Crippen molar-refractivity contribution in [2.45, 2.75) is 19.0 Å². The summed E-state index contributed by atoms with van der Waals surface area (Å²) in [5, 5.41) is 24.0. The van der Waals surface area contributed by atoms with Crippen molar-refractivity contribution in [3.8, 4) is 6.07 Å². The predicted molar refractivity (Wildman–Crippen MR) is 108 cm³/mol. The standard InChI is InChI=1S/C20H26FN7O/c21-15-3-5-16(6-4-15)26-8-10-27(11-9-26)20-17(13-22)19(24-7-12-29)28(23)18(25-20)14-1-2-14/h3-6,14,18,25,29H,1-2,7-12,23H2. The first kappa shape index (κ1) is 19.5. The first-order valence-electron chi connectivity index (χ1n) is 9.98. The highest BCUT2D eigenvalue weighted by molar-refractivity contribution is 6.03. The molecule has 4 N–H and O–H groups in total. The summed E-state index contributed by atoms with van der Waals surface area (Å²) in [5.41, 5.74) is 1.40. The molecule has 154 valence electrons. The minimum atomic E-state index is -0.241. The first-order valence-corrected chi connectivity index (χ1v) is 9.98. The van der Waals surface area contributed by atoms with Gasteiger partial charge in [0, 0.05) is 31.9 Å². The summed E-state index contributed by atoms with van der Waals surface area (Å²) in [5.74, 6) is 7.68. The molecule has 0 amide bonds. The summed E-state index contributed by atoms with van der Waals surface area (Å²) < 4.78 is 13.2. The fourth-order valence-electron chi connectivity index (χ4n) is 3.91. The van der Waals surface area contributed by atoms with Crippen LogP contribution in [0.25, 0.3) is 0 Å². The van der Waals surface area contributed by atoms with Gasteiger partial charge < -0.3 is 20.2 Å². The summed E-state index contributed by atoms with van der Waals surface area (Å²) >= 11 is 0. The highest BCUT2D eigenvalue weighted by Gasteiger charge is 2.42. The number of benzene rings is 1. The number of hydrogen-bond acceptors (Lipinski definition) is 7. The molecule has 1 unspecified atom stereocenters. The Balaban J connectivity index is 1.55. The number of aliphatic hydroxyl groups is 1. The van der Waals surface area contributed by atoms with Crippen LogP contribution in [-0.2, 0) is 0 Å². The number of amidine groups is 1. The molecule has 1 aromatic rings. The smallest absolute Gasteiger partial charge is 0.161 e. The monoisotopic (exact) mass is 399 g/mol. The molecule has 0 bridgehead atoms. The summed E-state index contributed by atoms with van der Waals surface area (Å²) in [6.07, 6.45) is 2.08. The highest BCUT2D eigenvalue weighted by Crippen LogP contribution is 2.36. The average Bonchev–Trinajstić information content (AvgIpc) is 3.58. The number of aliphatic imine (C=N–C) groups is 1. The van der Waals surface area contributed by atoms with Gasteiger partial charge in [-0.25, -0.2) is 10.2 Å². The van der Waals surface area contributed by atoms with E-state index < -0.39 is 0 Å². The maximum atomic E-state index is 13.2. The van der Waals surface area contributed by atoms with Gasteiger partial charge in [-0.1, -0.05) is 0 Å². The van der Waals surface area contributed by atoms with Gasteiger partial charge in [-0.05, 0) is 43.0 Å². The minimum Gasteiger partial charge on any atom is -0.394 e. The van der Waals surface area contributed by atoms with Crippen molar-refractivity contribution in [3.05, 3.63) is 41.5 Å². The van der Waals surface area contributed by atoms with Crippen molar-refractivity contribution >= 4 is 11.5 Å². The van der Waals surface area contributed by atoms with Crippen molar-refractivity contribution in [2.24, 2.45) is 16.8 Å². The van der Waals surface area contributed by atoms with Gasteiger partial charge in [0.15, 0.2) is 5.84 Å². The zero-order chi connectivity index (χ0) is 20.4. The van der Waals surface area contributed by atoms with E-state index in [0.717, 1.165) is 50.5 Å². The third-order valence-electron chi connectivity index (χ3n) is 5.62. The second kappa shape index (κ2) is 8.27. The van der Waals surface area contributed by atoms with E-state index in [2.05, 4.69) is 26.2 Å². The normalized spacial score (nSPS) is 24.0. The van der Waals surface area contributed by atoms with E-state index >= 15 is 0 Å². The lowest BCUT2D eigenvalue weighted by atomic mass is 10.1. The number of halogens is 1. The van der Waals surface area contributed by atoms with E-state index in [4.69, 9.17) is 5.84 Å². The third kappa shape index (κ3) is 3.99. The molecule has 0 radical (unpaired) electrons. The number of hydrazine groups is 1. The number of anilines is 1. The second-order valence-corrected chi connectivity index (χ2v) is 7.55. The van der Waals surface area contributed by atoms with Gasteiger partial charge in [-0.15, -0.1) is 0 Å². The molecule has 2 fully saturated rings. The van der Waals surface area contributed by atoms with E-state index in [1.165, 1.54) is 12.1 Å². The van der Waals surface area contributed by atoms with Crippen LogP contribution in [0.15, 0.2) is 40.7 Å². The van der Waals surface area contributed by atoms with Crippen molar-refractivity contribution < 1.29 is 9.50 Å². The average molecular weight is 399 g/mol. The number of nitrogens with two attached hydrogens (primary N) is 1. The van der Waals surface area contributed by atoms with Gasteiger partial charge in [0.1, 0.15) is 29.4 Å². The van der Waals surface area contributed by atoms with Crippen molar-refractivity contribution in [1.82, 2.24) is 15.2 Å². The van der Waals surface area contributed by atoms with Gasteiger partial charge in [0.25, 0.3) is 0 Å². The van der Waals surface area contributed by atoms with Crippen LogP contribution in [0, 0.1) is 23.1 Å². The lowest BCUT2D eigenvalue weighted by molar-refractivity contribution is 0.200. The maximum Gasteiger partial charge on any atom is 0.161 e. The molecule has 8 nitrogen and oxygen atoms in total.